The minimum absolute atomic E-state index is 0.0527. The lowest BCUT2D eigenvalue weighted by Crippen LogP contribution is -2.37. The highest BCUT2D eigenvalue weighted by atomic mass is 16.5. The Balaban J connectivity index is 1.59. The van der Waals surface area contributed by atoms with Crippen LogP contribution in [-0.2, 0) is 4.74 Å². The predicted octanol–water partition coefficient (Wildman–Crippen LogP) is 1.60. The Labute approximate surface area is 122 Å². The van der Waals surface area contributed by atoms with Crippen molar-refractivity contribution >= 4 is 16.9 Å². The zero-order valence-electron chi connectivity index (χ0n) is 11.8. The molecule has 1 N–H and O–H groups in total. The number of likely N-dealkylation sites (tertiary alicyclic amines) is 1. The van der Waals surface area contributed by atoms with Crippen molar-refractivity contribution < 1.29 is 9.53 Å². The summed E-state index contributed by atoms with van der Waals surface area (Å²) >= 11 is 0. The van der Waals surface area contributed by atoms with Gasteiger partial charge in [-0.3, -0.25) is 4.79 Å². The molecule has 110 valence electrons. The Morgan fingerprint density at radius 3 is 3.14 bits per heavy atom. The highest BCUT2D eigenvalue weighted by Crippen LogP contribution is 2.38. The minimum atomic E-state index is 0.0527. The Kier molecular flexibility index (Phi) is 2.92. The van der Waals surface area contributed by atoms with E-state index in [0.29, 0.717) is 11.1 Å². The van der Waals surface area contributed by atoms with E-state index in [2.05, 4.69) is 15.4 Å². The molecule has 2 aromatic rings. The number of hydrogen-bond acceptors (Lipinski definition) is 4. The van der Waals surface area contributed by atoms with E-state index in [1.54, 1.807) is 0 Å². The van der Waals surface area contributed by atoms with Crippen molar-refractivity contribution in [3.8, 4) is 0 Å². The second-order valence-electron chi connectivity index (χ2n) is 6.13. The summed E-state index contributed by atoms with van der Waals surface area (Å²) in [7, 11) is 0. The molecule has 1 atom stereocenters. The SMILES string of the molecule is O=C(c1cccc2n[nH]nc12)N1CCC2(CCCOC2)C1. The summed E-state index contributed by atoms with van der Waals surface area (Å²) in [5.41, 5.74) is 2.19. The third kappa shape index (κ3) is 2.10. The summed E-state index contributed by atoms with van der Waals surface area (Å²) in [6, 6.07) is 5.54. The molecule has 6 nitrogen and oxygen atoms in total. The standard InChI is InChI=1S/C15H18N4O2/c20-14(11-3-1-4-12-13(11)17-18-16-12)19-7-6-15(9-19)5-2-8-21-10-15/h1,3-4H,2,5-10H2,(H,16,17,18). The van der Waals surface area contributed by atoms with Crippen molar-refractivity contribution in [2.45, 2.75) is 19.3 Å². The zero-order valence-corrected chi connectivity index (χ0v) is 11.8. The molecule has 4 rings (SSSR count). The number of para-hydroxylation sites is 1. The number of benzene rings is 1. The molecule has 0 radical (unpaired) electrons. The molecule has 3 heterocycles. The second-order valence-corrected chi connectivity index (χ2v) is 6.13. The molecular formula is C15H18N4O2. The molecule has 6 heteroatoms. The number of aromatic amines is 1. The molecule has 1 spiro atoms. The van der Waals surface area contributed by atoms with Gasteiger partial charge in [0.25, 0.3) is 5.91 Å². The van der Waals surface area contributed by atoms with Crippen LogP contribution in [0.3, 0.4) is 0 Å². The van der Waals surface area contributed by atoms with Crippen molar-refractivity contribution in [1.29, 1.82) is 0 Å². The van der Waals surface area contributed by atoms with Crippen LogP contribution in [0.1, 0.15) is 29.6 Å². The maximum atomic E-state index is 12.8. The Morgan fingerprint density at radius 2 is 2.29 bits per heavy atom. The first kappa shape index (κ1) is 12.8. The average Bonchev–Trinajstić information content (AvgIpc) is 3.14. The normalized spacial score (nSPS) is 25.8. The summed E-state index contributed by atoms with van der Waals surface area (Å²) in [6.07, 6.45) is 3.29. The number of carbonyl (C=O) groups excluding carboxylic acids is 1. The van der Waals surface area contributed by atoms with Crippen LogP contribution < -0.4 is 0 Å². The second kappa shape index (κ2) is 4.80. The Hall–Kier alpha value is -1.95. The fourth-order valence-electron chi connectivity index (χ4n) is 3.55. The van der Waals surface area contributed by atoms with E-state index in [9.17, 15) is 4.79 Å². The maximum Gasteiger partial charge on any atom is 0.256 e. The number of hydrogen-bond donors (Lipinski definition) is 1. The summed E-state index contributed by atoms with van der Waals surface area (Å²) in [6.45, 7) is 3.23. The van der Waals surface area contributed by atoms with Gasteiger partial charge in [0.15, 0.2) is 0 Å². The topological polar surface area (TPSA) is 71.1 Å². The molecule has 0 bridgehead atoms. The molecule has 21 heavy (non-hydrogen) atoms. The molecule has 2 fully saturated rings. The van der Waals surface area contributed by atoms with Crippen molar-refractivity contribution in [2.75, 3.05) is 26.3 Å². The third-order valence-corrected chi connectivity index (χ3v) is 4.71. The summed E-state index contributed by atoms with van der Waals surface area (Å²) < 4.78 is 5.63. The van der Waals surface area contributed by atoms with Crippen LogP contribution in [-0.4, -0.2) is 52.5 Å². The molecule has 2 aliphatic heterocycles. The fourth-order valence-corrected chi connectivity index (χ4v) is 3.55. The van der Waals surface area contributed by atoms with Crippen molar-refractivity contribution in [2.24, 2.45) is 5.41 Å². The molecule has 1 aromatic heterocycles. The van der Waals surface area contributed by atoms with E-state index in [1.807, 2.05) is 23.1 Å². The lowest BCUT2D eigenvalue weighted by molar-refractivity contribution is -0.00159. The van der Waals surface area contributed by atoms with Gasteiger partial charge in [-0.15, -0.1) is 0 Å². The van der Waals surface area contributed by atoms with Crippen molar-refractivity contribution in [3.63, 3.8) is 0 Å². The van der Waals surface area contributed by atoms with Gasteiger partial charge in [-0.05, 0) is 31.4 Å². The first-order chi connectivity index (χ1) is 10.3. The minimum Gasteiger partial charge on any atom is -0.381 e. The predicted molar refractivity (Wildman–Crippen MR) is 76.9 cm³/mol. The van der Waals surface area contributed by atoms with Crippen LogP contribution in [0.5, 0.6) is 0 Å². The highest BCUT2D eigenvalue weighted by molar-refractivity contribution is 6.04. The zero-order chi connectivity index (χ0) is 14.3. The molecule has 2 aliphatic rings. The van der Waals surface area contributed by atoms with Gasteiger partial charge >= 0.3 is 0 Å². The van der Waals surface area contributed by atoms with Crippen LogP contribution >= 0.6 is 0 Å². The number of fused-ring (bicyclic) bond motifs is 1. The van der Waals surface area contributed by atoms with Gasteiger partial charge in [0, 0.05) is 25.1 Å². The number of H-pyrrole nitrogens is 1. The van der Waals surface area contributed by atoms with Gasteiger partial charge in [0.05, 0.1) is 12.2 Å². The molecule has 1 unspecified atom stereocenters. The van der Waals surface area contributed by atoms with Crippen molar-refractivity contribution in [3.05, 3.63) is 23.8 Å². The van der Waals surface area contributed by atoms with E-state index >= 15 is 0 Å². The first-order valence-electron chi connectivity index (χ1n) is 7.44. The molecule has 2 saturated heterocycles. The lowest BCUT2D eigenvalue weighted by Gasteiger charge is -2.33. The number of aromatic nitrogens is 3. The van der Waals surface area contributed by atoms with E-state index in [0.717, 1.165) is 51.1 Å². The fraction of sp³-hybridized carbons (Fsp3) is 0.533. The van der Waals surface area contributed by atoms with Gasteiger partial charge in [-0.25, -0.2) is 0 Å². The number of carbonyl (C=O) groups is 1. The largest absolute Gasteiger partial charge is 0.381 e. The van der Waals surface area contributed by atoms with Crippen LogP contribution in [0.2, 0.25) is 0 Å². The average molecular weight is 286 g/mol. The molecular weight excluding hydrogens is 268 g/mol. The van der Waals surface area contributed by atoms with E-state index < -0.39 is 0 Å². The number of amides is 1. The molecule has 0 aliphatic carbocycles. The van der Waals surface area contributed by atoms with Gasteiger partial charge in [0.2, 0.25) is 0 Å². The summed E-state index contributed by atoms with van der Waals surface area (Å²) in [5, 5.41) is 10.7. The van der Waals surface area contributed by atoms with Gasteiger partial charge in [-0.2, -0.15) is 15.4 Å². The summed E-state index contributed by atoms with van der Waals surface area (Å²) in [5.74, 6) is 0.0527. The van der Waals surface area contributed by atoms with Crippen LogP contribution in [0.4, 0.5) is 0 Å². The first-order valence-corrected chi connectivity index (χ1v) is 7.44. The van der Waals surface area contributed by atoms with Gasteiger partial charge in [0.1, 0.15) is 11.0 Å². The number of ether oxygens (including phenoxy) is 1. The van der Waals surface area contributed by atoms with E-state index in [4.69, 9.17) is 4.74 Å². The van der Waals surface area contributed by atoms with Gasteiger partial charge in [-0.1, -0.05) is 6.07 Å². The molecule has 1 amide bonds. The van der Waals surface area contributed by atoms with E-state index in [1.165, 1.54) is 0 Å². The summed E-state index contributed by atoms with van der Waals surface area (Å²) in [4.78, 5) is 14.7. The monoisotopic (exact) mass is 286 g/mol. The van der Waals surface area contributed by atoms with E-state index in [-0.39, 0.29) is 11.3 Å². The third-order valence-electron chi connectivity index (χ3n) is 4.71. The highest BCUT2D eigenvalue weighted by Gasteiger charge is 2.41. The quantitative estimate of drug-likeness (QED) is 0.864. The Bertz CT molecular complexity index is 675. The maximum absolute atomic E-state index is 12.8. The molecule has 0 saturated carbocycles. The number of nitrogens with zero attached hydrogens (tertiary/aromatic N) is 3. The van der Waals surface area contributed by atoms with Crippen molar-refractivity contribution in [1.82, 2.24) is 20.3 Å². The number of rotatable bonds is 1. The molecule has 1 aromatic carbocycles. The van der Waals surface area contributed by atoms with Gasteiger partial charge < -0.3 is 9.64 Å². The number of nitrogens with one attached hydrogen (secondary N) is 1. The lowest BCUT2D eigenvalue weighted by atomic mass is 9.82. The smallest absolute Gasteiger partial charge is 0.256 e. The Morgan fingerprint density at radius 1 is 1.33 bits per heavy atom. The van der Waals surface area contributed by atoms with Crippen LogP contribution in [0, 0.1) is 5.41 Å². The van der Waals surface area contributed by atoms with Crippen LogP contribution in [0.25, 0.3) is 11.0 Å². The van der Waals surface area contributed by atoms with Crippen LogP contribution in [0.15, 0.2) is 18.2 Å².